The number of ether oxygens (including phenoxy) is 3. The van der Waals surface area contributed by atoms with Crippen LogP contribution in [0.4, 0.5) is 15.0 Å². The normalized spacial score (nSPS) is 24.2. The number of halogens is 1. The van der Waals surface area contributed by atoms with E-state index in [-0.39, 0.29) is 54.0 Å². The topological polar surface area (TPSA) is 178 Å². The number of anilines is 1. The molecular formula is C22H25FN6O8. The van der Waals surface area contributed by atoms with Crippen molar-refractivity contribution in [2.45, 2.75) is 57.6 Å². The number of hydrogen-bond acceptors (Lipinski definition) is 12. The molecule has 1 amide bonds. The van der Waals surface area contributed by atoms with Crippen LogP contribution in [0.1, 0.15) is 43.9 Å². The summed E-state index contributed by atoms with van der Waals surface area (Å²) in [5.74, 6) is -0.990. The zero-order chi connectivity index (χ0) is 26.5. The Labute approximate surface area is 208 Å². The molecule has 2 aliphatic rings. The molecule has 4 heterocycles. The summed E-state index contributed by atoms with van der Waals surface area (Å²) in [6.45, 7) is 3.39. The number of imidazole rings is 1. The van der Waals surface area contributed by atoms with Crippen molar-refractivity contribution in [3.63, 3.8) is 0 Å². The highest BCUT2D eigenvalue weighted by Crippen LogP contribution is 2.60. The molecule has 198 valence electrons. The number of nitrogen functional groups attached to an aromatic ring is 1. The monoisotopic (exact) mass is 520 g/mol. The van der Waals surface area contributed by atoms with E-state index in [4.69, 9.17) is 28.8 Å². The van der Waals surface area contributed by atoms with E-state index in [0.717, 1.165) is 0 Å². The first-order valence-electron chi connectivity index (χ1n) is 11.6. The van der Waals surface area contributed by atoms with Gasteiger partial charge in [-0.05, 0) is 20.3 Å². The highest BCUT2D eigenvalue weighted by molar-refractivity contribution is 5.81. The van der Waals surface area contributed by atoms with E-state index in [1.165, 1.54) is 25.2 Å². The average molecular weight is 520 g/mol. The largest absolute Gasteiger partial charge is 0.519 e. The molecular weight excluding hydrogens is 495 g/mol. The van der Waals surface area contributed by atoms with Crippen molar-refractivity contribution in [2.75, 3.05) is 19.3 Å². The lowest BCUT2D eigenvalue weighted by Gasteiger charge is -2.20. The molecule has 2 N–H and O–H groups in total. The predicted octanol–water partition coefficient (Wildman–Crippen LogP) is 1.67. The summed E-state index contributed by atoms with van der Waals surface area (Å²) >= 11 is 0. The molecule has 3 aromatic heterocycles. The summed E-state index contributed by atoms with van der Waals surface area (Å²) in [7, 11) is 1.52. The number of nitrogens with zero attached hydrogens (tertiary/aromatic N) is 5. The standard InChI is InChI=1S/C22H25FN6O8/c1-10-12(35-21(32)34-10)8-33-20(31)28(3)6-4-5-14(30)36-16-11-7-13(37-22(11,16)2)29-9-25-15-17(24)26-19(23)27-18(15)29/h9,11,13,16H,4-8H2,1-3H3,(H2,24,26,27)/t11?,13-,16?,22+/m1/s1. The summed E-state index contributed by atoms with van der Waals surface area (Å²) in [6.07, 6.45) is -0.000667. The predicted molar refractivity (Wildman–Crippen MR) is 120 cm³/mol. The number of amides is 1. The Bertz CT molecular complexity index is 1420. The van der Waals surface area contributed by atoms with Crippen molar-refractivity contribution in [1.29, 1.82) is 0 Å². The lowest BCUT2D eigenvalue weighted by atomic mass is 10.2. The van der Waals surface area contributed by atoms with E-state index in [1.54, 1.807) is 4.57 Å². The Kier molecular flexibility index (Phi) is 6.09. The Morgan fingerprint density at radius 1 is 1.35 bits per heavy atom. The molecule has 14 nitrogen and oxygen atoms in total. The first kappa shape index (κ1) is 24.7. The molecule has 0 spiro atoms. The second kappa shape index (κ2) is 9.14. The van der Waals surface area contributed by atoms with Crippen molar-refractivity contribution in [2.24, 2.45) is 5.92 Å². The molecule has 1 saturated carbocycles. The van der Waals surface area contributed by atoms with Gasteiger partial charge in [-0.2, -0.15) is 14.4 Å². The lowest BCUT2D eigenvalue weighted by Crippen LogP contribution is -2.29. The molecule has 0 bridgehead atoms. The fourth-order valence-corrected chi connectivity index (χ4v) is 4.59. The number of carbonyl (C=O) groups is 2. The van der Waals surface area contributed by atoms with Gasteiger partial charge in [0.2, 0.25) is 0 Å². The van der Waals surface area contributed by atoms with E-state index in [2.05, 4.69) is 15.0 Å². The van der Waals surface area contributed by atoms with Gasteiger partial charge in [0.05, 0.1) is 6.33 Å². The van der Waals surface area contributed by atoms with Crippen molar-refractivity contribution in [3.05, 3.63) is 34.5 Å². The number of fused-ring (bicyclic) bond motifs is 2. The first-order valence-corrected chi connectivity index (χ1v) is 11.6. The van der Waals surface area contributed by atoms with Gasteiger partial charge in [0.25, 0.3) is 0 Å². The van der Waals surface area contributed by atoms with Gasteiger partial charge in [0.1, 0.15) is 17.9 Å². The van der Waals surface area contributed by atoms with Crippen LogP contribution in [0.2, 0.25) is 0 Å². The number of hydrogen-bond donors (Lipinski definition) is 1. The summed E-state index contributed by atoms with van der Waals surface area (Å²) in [4.78, 5) is 48.2. The van der Waals surface area contributed by atoms with Crippen LogP contribution in [0.3, 0.4) is 0 Å². The molecule has 5 rings (SSSR count). The van der Waals surface area contributed by atoms with Crippen LogP contribution in [0, 0.1) is 18.9 Å². The van der Waals surface area contributed by atoms with Gasteiger partial charge >= 0.3 is 24.0 Å². The Morgan fingerprint density at radius 3 is 2.81 bits per heavy atom. The van der Waals surface area contributed by atoms with Gasteiger partial charge in [0.15, 0.2) is 35.1 Å². The minimum atomic E-state index is -0.951. The molecule has 3 aromatic rings. The lowest BCUT2D eigenvalue weighted by molar-refractivity contribution is -0.152. The second-order valence-corrected chi connectivity index (χ2v) is 9.22. The third-order valence-corrected chi connectivity index (χ3v) is 6.74. The van der Waals surface area contributed by atoms with Crippen LogP contribution in [-0.4, -0.2) is 61.8 Å². The fourth-order valence-electron chi connectivity index (χ4n) is 4.59. The van der Waals surface area contributed by atoms with Crippen molar-refractivity contribution in [3.8, 4) is 0 Å². The van der Waals surface area contributed by atoms with Crippen LogP contribution in [-0.2, 0) is 25.6 Å². The number of nitrogens with two attached hydrogens (primary N) is 1. The number of carbonyl (C=O) groups excluding carboxylic acids is 2. The second-order valence-electron chi connectivity index (χ2n) is 9.22. The molecule has 1 aliphatic carbocycles. The summed E-state index contributed by atoms with van der Waals surface area (Å²) < 4.78 is 41.5. The van der Waals surface area contributed by atoms with E-state index in [1.807, 2.05) is 6.92 Å². The molecule has 1 aliphatic heterocycles. The Balaban J connectivity index is 1.06. The van der Waals surface area contributed by atoms with Gasteiger partial charge < -0.3 is 33.7 Å². The highest BCUT2D eigenvalue weighted by Gasteiger charge is 2.71. The SMILES string of the molecule is Cc1oc(=O)oc1COC(=O)N(C)CCCC(=O)OC1C2C[C@H](n3cnc4c(N)nc(F)nc43)O[C@@]21C. The summed E-state index contributed by atoms with van der Waals surface area (Å²) in [5, 5.41) is 0. The van der Waals surface area contributed by atoms with Crippen molar-refractivity contribution < 1.29 is 37.0 Å². The minimum Gasteiger partial charge on any atom is -0.459 e. The zero-order valence-electron chi connectivity index (χ0n) is 20.3. The van der Waals surface area contributed by atoms with E-state index >= 15 is 0 Å². The number of esters is 1. The van der Waals surface area contributed by atoms with Crippen LogP contribution in [0.5, 0.6) is 0 Å². The van der Waals surface area contributed by atoms with Gasteiger partial charge in [0, 0.05) is 32.4 Å². The van der Waals surface area contributed by atoms with Crippen LogP contribution in [0.15, 0.2) is 20.0 Å². The fraction of sp³-hybridized carbons (Fsp3) is 0.545. The maximum atomic E-state index is 13.6. The quantitative estimate of drug-likeness (QED) is 0.336. The number of aromatic nitrogens is 4. The average Bonchev–Trinajstić information content (AvgIpc) is 3.25. The molecule has 0 aromatic carbocycles. The van der Waals surface area contributed by atoms with Crippen LogP contribution >= 0.6 is 0 Å². The molecule has 0 radical (unpaired) electrons. The summed E-state index contributed by atoms with van der Waals surface area (Å²) in [6, 6.07) is 0. The zero-order valence-corrected chi connectivity index (χ0v) is 20.3. The van der Waals surface area contributed by atoms with Crippen molar-refractivity contribution in [1.82, 2.24) is 24.4 Å². The molecule has 2 unspecified atom stereocenters. The van der Waals surface area contributed by atoms with Gasteiger partial charge in [-0.15, -0.1) is 0 Å². The molecule has 1 saturated heterocycles. The van der Waals surface area contributed by atoms with Crippen molar-refractivity contribution >= 4 is 29.0 Å². The van der Waals surface area contributed by atoms with E-state index < -0.39 is 41.9 Å². The van der Waals surface area contributed by atoms with Gasteiger partial charge in [-0.1, -0.05) is 0 Å². The third-order valence-electron chi connectivity index (χ3n) is 6.74. The first-order chi connectivity index (χ1) is 17.6. The minimum absolute atomic E-state index is 0.0352. The third kappa shape index (κ3) is 4.61. The summed E-state index contributed by atoms with van der Waals surface area (Å²) in [5.41, 5.74) is 5.57. The number of rotatable bonds is 8. The molecule has 2 fully saturated rings. The molecule has 4 atom stereocenters. The maximum Gasteiger partial charge on any atom is 0.519 e. The van der Waals surface area contributed by atoms with E-state index in [0.29, 0.717) is 12.8 Å². The Hall–Kier alpha value is -4.01. The van der Waals surface area contributed by atoms with Gasteiger partial charge in [-0.3, -0.25) is 9.36 Å². The molecule has 15 heteroatoms. The smallest absolute Gasteiger partial charge is 0.459 e. The van der Waals surface area contributed by atoms with Crippen LogP contribution in [0.25, 0.3) is 11.2 Å². The van der Waals surface area contributed by atoms with Gasteiger partial charge in [-0.25, -0.2) is 14.6 Å². The molecule has 37 heavy (non-hydrogen) atoms. The maximum absolute atomic E-state index is 13.6. The van der Waals surface area contributed by atoms with E-state index in [9.17, 15) is 18.8 Å². The highest BCUT2D eigenvalue weighted by atomic mass is 19.1. The Morgan fingerprint density at radius 2 is 2.14 bits per heavy atom. The number of aryl methyl sites for hydroxylation is 1. The van der Waals surface area contributed by atoms with Crippen LogP contribution < -0.4 is 11.6 Å².